The highest BCUT2D eigenvalue weighted by Gasteiger charge is 2.09. The van der Waals surface area contributed by atoms with Crippen molar-refractivity contribution in [3.05, 3.63) is 66.0 Å². The standard InChI is InChI=1S/C16H17N3.2ClH/c17-11-10-16-18-14-8-4-5-9-15(14)19(16)12-13-6-2-1-3-7-13;;/h1-9H,10-12,17H2;2*1H. The summed E-state index contributed by atoms with van der Waals surface area (Å²) in [7, 11) is 0. The Hall–Kier alpha value is -1.55. The minimum Gasteiger partial charge on any atom is -0.330 e. The maximum atomic E-state index is 5.69. The van der Waals surface area contributed by atoms with Gasteiger partial charge in [-0.05, 0) is 24.2 Å². The molecule has 0 radical (unpaired) electrons. The number of benzene rings is 2. The predicted octanol–water partition coefficient (Wildman–Crippen LogP) is 3.43. The average molecular weight is 324 g/mol. The van der Waals surface area contributed by atoms with Gasteiger partial charge in [-0.15, -0.1) is 24.8 Å². The number of imidazole rings is 1. The number of hydrogen-bond donors (Lipinski definition) is 1. The summed E-state index contributed by atoms with van der Waals surface area (Å²) < 4.78 is 2.26. The fourth-order valence-corrected chi connectivity index (χ4v) is 2.39. The molecule has 0 saturated heterocycles. The lowest BCUT2D eigenvalue weighted by Gasteiger charge is -2.08. The molecule has 21 heavy (non-hydrogen) atoms. The zero-order chi connectivity index (χ0) is 13.1. The lowest BCUT2D eigenvalue weighted by atomic mass is 10.2. The summed E-state index contributed by atoms with van der Waals surface area (Å²) >= 11 is 0. The summed E-state index contributed by atoms with van der Waals surface area (Å²) in [5.74, 6) is 1.06. The number of nitrogens with zero attached hydrogens (tertiary/aromatic N) is 2. The first-order valence-corrected chi connectivity index (χ1v) is 6.56. The third kappa shape index (κ3) is 3.76. The molecule has 0 aliphatic rings. The number of fused-ring (bicyclic) bond motifs is 1. The van der Waals surface area contributed by atoms with Crippen molar-refractivity contribution in [2.45, 2.75) is 13.0 Å². The van der Waals surface area contributed by atoms with Crippen LogP contribution in [0.2, 0.25) is 0 Å². The Morgan fingerprint density at radius 2 is 1.57 bits per heavy atom. The van der Waals surface area contributed by atoms with Gasteiger partial charge < -0.3 is 10.3 Å². The van der Waals surface area contributed by atoms with E-state index in [1.165, 1.54) is 11.1 Å². The molecule has 0 bridgehead atoms. The molecule has 0 saturated carbocycles. The van der Waals surface area contributed by atoms with Crippen molar-refractivity contribution >= 4 is 35.8 Å². The van der Waals surface area contributed by atoms with Crippen LogP contribution in [0.15, 0.2) is 54.6 Å². The van der Waals surface area contributed by atoms with E-state index in [9.17, 15) is 0 Å². The van der Waals surface area contributed by atoms with Crippen molar-refractivity contribution in [1.29, 1.82) is 0 Å². The van der Waals surface area contributed by atoms with Gasteiger partial charge in [-0.2, -0.15) is 0 Å². The number of hydrogen-bond acceptors (Lipinski definition) is 2. The van der Waals surface area contributed by atoms with E-state index < -0.39 is 0 Å². The van der Waals surface area contributed by atoms with Gasteiger partial charge >= 0.3 is 0 Å². The summed E-state index contributed by atoms with van der Waals surface area (Å²) in [6, 6.07) is 18.7. The SMILES string of the molecule is Cl.Cl.NCCc1nc2ccccc2n1Cc1ccccc1. The van der Waals surface area contributed by atoms with Crippen LogP contribution in [0.25, 0.3) is 11.0 Å². The van der Waals surface area contributed by atoms with Crippen LogP contribution in [-0.2, 0) is 13.0 Å². The van der Waals surface area contributed by atoms with Gasteiger partial charge in [0.2, 0.25) is 0 Å². The summed E-state index contributed by atoms with van der Waals surface area (Å²) in [5, 5.41) is 0. The quantitative estimate of drug-likeness (QED) is 0.799. The zero-order valence-electron chi connectivity index (χ0n) is 11.6. The van der Waals surface area contributed by atoms with E-state index in [0.717, 1.165) is 24.3 Å². The number of rotatable bonds is 4. The maximum absolute atomic E-state index is 5.69. The maximum Gasteiger partial charge on any atom is 0.111 e. The molecule has 0 amide bonds. The first kappa shape index (κ1) is 17.5. The minimum absolute atomic E-state index is 0. The largest absolute Gasteiger partial charge is 0.330 e. The fraction of sp³-hybridized carbons (Fsp3) is 0.188. The highest BCUT2D eigenvalue weighted by Crippen LogP contribution is 2.18. The van der Waals surface area contributed by atoms with Gasteiger partial charge in [0.1, 0.15) is 5.82 Å². The summed E-state index contributed by atoms with van der Waals surface area (Å²) in [6.45, 7) is 1.47. The van der Waals surface area contributed by atoms with Crippen LogP contribution in [0.1, 0.15) is 11.4 Å². The predicted molar refractivity (Wildman–Crippen MR) is 92.5 cm³/mol. The Bertz CT molecular complexity index is 680. The molecular formula is C16H19Cl2N3. The Kier molecular flexibility index (Phi) is 6.69. The summed E-state index contributed by atoms with van der Waals surface area (Å²) in [5.41, 5.74) is 9.19. The molecule has 2 N–H and O–H groups in total. The molecule has 1 heterocycles. The Morgan fingerprint density at radius 1 is 0.905 bits per heavy atom. The number of nitrogens with two attached hydrogens (primary N) is 1. The Balaban J connectivity index is 0.00000110. The van der Waals surface area contributed by atoms with Crippen LogP contribution in [0.4, 0.5) is 0 Å². The molecule has 3 rings (SSSR count). The molecular weight excluding hydrogens is 305 g/mol. The number of aromatic nitrogens is 2. The van der Waals surface area contributed by atoms with Crippen molar-refractivity contribution in [1.82, 2.24) is 9.55 Å². The van der Waals surface area contributed by atoms with E-state index in [4.69, 9.17) is 5.73 Å². The molecule has 0 atom stereocenters. The highest BCUT2D eigenvalue weighted by atomic mass is 35.5. The monoisotopic (exact) mass is 323 g/mol. The second-order valence-corrected chi connectivity index (χ2v) is 4.63. The Morgan fingerprint density at radius 3 is 2.29 bits per heavy atom. The molecule has 0 aliphatic heterocycles. The van der Waals surface area contributed by atoms with Crippen molar-refractivity contribution < 1.29 is 0 Å². The van der Waals surface area contributed by atoms with Crippen LogP contribution in [0.3, 0.4) is 0 Å². The van der Waals surface area contributed by atoms with E-state index >= 15 is 0 Å². The fourth-order valence-electron chi connectivity index (χ4n) is 2.39. The Labute approximate surface area is 137 Å². The lowest BCUT2D eigenvalue weighted by molar-refractivity contribution is 0.735. The van der Waals surface area contributed by atoms with Gasteiger partial charge in [0.15, 0.2) is 0 Å². The molecule has 0 fully saturated rings. The van der Waals surface area contributed by atoms with E-state index in [0.29, 0.717) is 6.54 Å². The summed E-state index contributed by atoms with van der Waals surface area (Å²) in [4.78, 5) is 4.68. The van der Waals surface area contributed by atoms with E-state index in [1.807, 2.05) is 12.1 Å². The smallest absolute Gasteiger partial charge is 0.111 e. The average Bonchev–Trinajstić information content (AvgIpc) is 2.79. The molecule has 2 aromatic carbocycles. The van der Waals surface area contributed by atoms with Gasteiger partial charge in [-0.3, -0.25) is 0 Å². The van der Waals surface area contributed by atoms with Crippen LogP contribution in [0, 0.1) is 0 Å². The van der Waals surface area contributed by atoms with Crippen molar-refractivity contribution in [3.8, 4) is 0 Å². The topological polar surface area (TPSA) is 43.8 Å². The van der Waals surface area contributed by atoms with Gasteiger partial charge in [0, 0.05) is 13.0 Å². The van der Waals surface area contributed by atoms with Crippen LogP contribution in [0.5, 0.6) is 0 Å². The van der Waals surface area contributed by atoms with Gasteiger partial charge in [-0.25, -0.2) is 4.98 Å². The van der Waals surface area contributed by atoms with Gasteiger partial charge in [-0.1, -0.05) is 42.5 Å². The third-order valence-electron chi connectivity index (χ3n) is 3.29. The van der Waals surface area contributed by atoms with Gasteiger partial charge in [0.05, 0.1) is 11.0 Å². The molecule has 3 aromatic rings. The molecule has 0 unspecified atom stereocenters. The third-order valence-corrected chi connectivity index (χ3v) is 3.29. The molecule has 0 aliphatic carbocycles. The second-order valence-electron chi connectivity index (χ2n) is 4.63. The first-order chi connectivity index (χ1) is 9.38. The minimum atomic E-state index is 0. The molecule has 0 spiro atoms. The van der Waals surface area contributed by atoms with Crippen LogP contribution >= 0.6 is 24.8 Å². The van der Waals surface area contributed by atoms with E-state index in [1.54, 1.807) is 0 Å². The lowest BCUT2D eigenvalue weighted by Crippen LogP contribution is -2.10. The van der Waals surface area contributed by atoms with Crippen LogP contribution in [-0.4, -0.2) is 16.1 Å². The van der Waals surface area contributed by atoms with E-state index in [-0.39, 0.29) is 24.8 Å². The van der Waals surface area contributed by atoms with E-state index in [2.05, 4.69) is 52.0 Å². The van der Waals surface area contributed by atoms with Crippen molar-refractivity contribution in [2.75, 3.05) is 6.54 Å². The zero-order valence-corrected chi connectivity index (χ0v) is 13.2. The second kappa shape index (κ2) is 8.03. The van der Waals surface area contributed by atoms with Crippen LogP contribution < -0.4 is 5.73 Å². The first-order valence-electron chi connectivity index (χ1n) is 6.56. The number of halogens is 2. The molecule has 112 valence electrons. The molecule has 5 heteroatoms. The normalized spacial score (nSPS) is 9.95. The highest BCUT2D eigenvalue weighted by molar-refractivity contribution is 5.85. The van der Waals surface area contributed by atoms with Crippen molar-refractivity contribution in [3.63, 3.8) is 0 Å². The molecule has 3 nitrogen and oxygen atoms in total. The summed E-state index contributed by atoms with van der Waals surface area (Å²) in [6.07, 6.45) is 0.807. The van der Waals surface area contributed by atoms with Gasteiger partial charge in [0.25, 0.3) is 0 Å². The van der Waals surface area contributed by atoms with Crippen molar-refractivity contribution in [2.24, 2.45) is 5.73 Å². The number of para-hydroxylation sites is 2. The molecule has 1 aromatic heterocycles.